The van der Waals surface area contributed by atoms with Gasteiger partial charge in [0.2, 0.25) is 0 Å². The van der Waals surface area contributed by atoms with Crippen molar-refractivity contribution in [3.8, 4) is 0 Å². The van der Waals surface area contributed by atoms with Crippen LogP contribution in [0.25, 0.3) is 0 Å². The fourth-order valence-corrected chi connectivity index (χ4v) is 1.37. The zero-order valence-electron chi connectivity index (χ0n) is 7.51. The number of nitrogens with zero attached hydrogens (tertiary/aromatic N) is 2. The van der Waals surface area contributed by atoms with Crippen molar-refractivity contribution in [1.82, 2.24) is 15.5 Å². The number of nitrogens with one attached hydrogen (secondary N) is 1. The molecule has 1 unspecified atom stereocenters. The molecular formula is C8H18N3. The summed E-state index contributed by atoms with van der Waals surface area (Å²) in [7, 11) is 4.21. The van der Waals surface area contributed by atoms with E-state index in [-0.39, 0.29) is 0 Å². The number of hydrogen-bond donors (Lipinski definition) is 1. The average Bonchev–Trinajstić information content (AvgIpc) is 2.14. The van der Waals surface area contributed by atoms with Gasteiger partial charge in [0.15, 0.2) is 0 Å². The van der Waals surface area contributed by atoms with Crippen LogP contribution in [0.4, 0.5) is 0 Å². The lowest BCUT2D eigenvalue weighted by atomic mass is 10.3. The van der Waals surface area contributed by atoms with Crippen molar-refractivity contribution in [3.63, 3.8) is 0 Å². The molecule has 0 bridgehead atoms. The third kappa shape index (κ3) is 3.70. The topological polar surface area (TPSA) is 29.4 Å². The molecular weight excluding hydrogens is 138 g/mol. The van der Waals surface area contributed by atoms with Gasteiger partial charge in [-0.3, -0.25) is 0 Å². The highest BCUT2D eigenvalue weighted by atomic mass is 15.1. The highest BCUT2D eigenvalue weighted by molar-refractivity contribution is 4.74. The van der Waals surface area contributed by atoms with Gasteiger partial charge in [-0.05, 0) is 27.1 Å². The monoisotopic (exact) mass is 156 g/mol. The molecule has 0 aromatic carbocycles. The Hall–Kier alpha value is -0.120. The van der Waals surface area contributed by atoms with Gasteiger partial charge in [0.05, 0.1) is 0 Å². The van der Waals surface area contributed by atoms with Crippen LogP contribution in [0.5, 0.6) is 0 Å². The van der Waals surface area contributed by atoms with Crippen LogP contribution < -0.4 is 10.6 Å². The molecule has 1 radical (unpaired) electrons. The van der Waals surface area contributed by atoms with Crippen LogP contribution in [0.15, 0.2) is 0 Å². The van der Waals surface area contributed by atoms with Crippen LogP contribution >= 0.6 is 0 Å². The molecule has 1 saturated heterocycles. The van der Waals surface area contributed by atoms with E-state index in [0.29, 0.717) is 6.04 Å². The van der Waals surface area contributed by atoms with Gasteiger partial charge in [0, 0.05) is 25.7 Å². The molecule has 0 aliphatic carbocycles. The van der Waals surface area contributed by atoms with E-state index in [0.717, 1.165) is 26.2 Å². The van der Waals surface area contributed by atoms with E-state index in [1.807, 2.05) is 0 Å². The van der Waals surface area contributed by atoms with E-state index in [1.165, 1.54) is 6.42 Å². The molecule has 3 heteroatoms. The molecule has 1 fully saturated rings. The Bertz CT molecular complexity index is 95.5. The van der Waals surface area contributed by atoms with Crippen LogP contribution in [0.1, 0.15) is 6.42 Å². The van der Waals surface area contributed by atoms with Gasteiger partial charge in [-0.25, -0.2) is 5.32 Å². The quantitative estimate of drug-likeness (QED) is 0.585. The van der Waals surface area contributed by atoms with E-state index in [1.54, 1.807) is 0 Å². The summed E-state index contributed by atoms with van der Waals surface area (Å²) in [6.07, 6.45) is 1.20. The number of hydrogen-bond acceptors (Lipinski definition) is 2. The van der Waals surface area contributed by atoms with Crippen molar-refractivity contribution in [2.45, 2.75) is 12.5 Å². The van der Waals surface area contributed by atoms with Gasteiger partial charge in [-0.2, -0.15) is 0 Å². The summed E-state index contributed by atoms with van der Waals surface area (Å²) in [5.74, 6) is 0. The number of likely N-dealkylation sites (N-methyl/N-ethyl adjacent to an activating group) is 1. The molecule has 1 heterocycles. The van der Waals surface area contributed by atoms with Gasteiger partial charge in [0.25, 0.3) is 0 Å². The van der Waals surface area contributed by atoms with Gasteiger partial charge in [-0.1, -0.05) is 0 Å². The summed E-state index contributed by atoms with van der Waals surface area (Å²) in [6.45, 7) is 4.25. The Morgan fingerprint density at radius 1 is 1.55 bits per heavy atom. The molecule has 1 atom stereocenters. The van der Waals surface area contributed by atoms with Crippen molar-refractivity contribution in [3.05, 3.63) is 0 Å². The molecule has 0 aromatic heterocycles. The Morgan fingerprint density at radius 3 is 3.09 bits per heavy atom. The lowest BCUT2D eigenvalue weighted by Gasteiger charge is -2.19. The van der Waals surface area contributed by atoms with Gasteiger partial charge >= 0.3 is 0 Å². The molecule has 0 saturated carbocycles. The smallest absolute Gasteiger partial charge is 0.0336 e. The van der Waals surface area contributed by atoms with E-state index in [2.05, 4.69) is 29.6 Å². The lowest BCUT2D eigenvalue weighted by Crippen LogP contribution is -2.41. The predicted molar refractivity (Wildman–Crippen MR) is 46.8 cm³/mol. The largest absolute Gasteiger partial charge is 0.311 e. The van der Waals surface area contributed by atoms with Crippen LogP contribution in [0.3, 0.4) is 0 Å². The summed E-state index contributed by atoms with van der Waals surface area (Å²) in [6, 6.07) is 0.576. The summed E-state index contributed by atoms with van der Waals surface area (Å²) < 4.78 is 0. The Labute approximate surface area is 69.1 Å². The second kappa shape index (κ2) is 4.70. The minimum atomic E-state index is 0.576. The summed E-state index contributed by atoms with van der Waals surface area (Å²) in [5.41, 5.74) is 0. The molecule has 0 aromatic rings. The Balaban J connectivity index is 2.20. The maximum absolute atomic E-state index is 4.42. The van der Waals surface area contributed by atoms with Crippen molar-refractivity contribution in [2.24, 2.45) is 0 Å². The molecule has 65 valence electrons. The average molecular weight is 156 g/mol. The molecule has 1 aliphatic heterocycles. The predicted octanol–water partition coefficient (Wildman–Crippen LogP) is -0.486. The highest BCUT2D eigenvalue weighted by Crippen LogP contribution is 1.91. The third-order valence-electron chi connectivity index (χ3n) is 1.86. The van der Waals surface area contributed by atoms with E-state index in [9.17, 15) is 0 Å². The molecule has 1 N–H and O–H groups in total. The van der Waals surface area contributed by atoms with Gasteiger partial charge < -0.3 is 10.2 Å². The second-order valence-electron chi connectivity index (χ2n) is 3.40. The normalized spacial score (nSPS) is 27.0. The molecule has 1 rings (SSSR count). The molecule has 11 heavy (non-hydrogen) atoms. The minimum Gasteiger partial charge on any atom is -0.311 e. The maximum Gasteiger partial charge on any atom is 0.0336 e. The first-order valence-electron chi connectivity index (χ1n) is 4.30. The minimum absolute atomic E-state index is 0.576. The Morgan fingerprint density at radius 2 is 2.36 bits per heavy atom. The first-order chi connectivity index (χ1) is 5.29. The van der Waals surface area contributed by atoms with Crippen LogP contribution in [-0.4, -0.2) is 51.2 Å². The fourth-order valence-electron chi connectivity index (χ4n) is 1.37. The summed E-state index contributed by atoms with van der Waals surface area (Å²) in [4.78, 5) is 2.21. The molecule has 3 nitrogen and oxygen atoms in total. The molecule has 0 amide bonds. The van der Waals surface area contributed by atoms with Crippen molar-refractivity contribution in [1.29, 1.82) is 0 Å². The molecule has 1 aliphatic rings. The van der Waals surface area contributed by atoms with E-state index in [4.69, 9.17) is 0 Å². The Kier molecular flexibility index (Phi) is 3.83. The zero-order valence-corrected chi connectivity index (χ0v) is 7.51. The lowest BCUT2D eigenvalue weighted by molar-refractivity contribution is 0.340. The van der Waals surface area contributed by atoms with Crippen LogP contribution in [-0.2, 0) is 0 Å². The summed E-state index contributed by atoms with van der Waals surface area (Å²) >= 11 is 0. The standard InChI is InChI=1S/C8H18N3/c1-11(2)7-8-6-9-4-3-5-10-8/h8,10H,3-7H2,1-2H3. The van der Waals surface area contributed by atoms with Crippen LogP contribution in [0, 0.1) is 0 Å². The molecule has 0 spiro atoms. The number of rotatable bonds is 2. The van der Waals surface area contributed by atoms with Crippen molar-refractivity contribution < 1.29 is 0 Å². The summed E-state index contributed by atoms with van der Waals surface area (Å²) in [5, 5.41) is 7.89. The van der Waals surface area contributed by atoms with Gasteiger partial charge in [0.1, 0.15) is 0 Å². The van der Waals surface area contributed by atoms with Crippen molar-refractivity contribution in [2.75, 3.05) is 40.3 Å². The first kappa shape index (κ1) is 8.97. The maximum atomic E-state index is 4.42. The van der Waals surface area contributed by atoms with Crippen LogP contribution in [0.2, 0.25) is 0 Å². The zero-order chi connectivity index (χ0) is 8.10. The fraction of sp³-hybridized carbons (Fsp3) is 1.00. The second-order valence-corrected chi connectivity index (χ2v) is 3.40. The van der Waals surface area contributed by atoms with Crippen molar-refractivity contribution >= 4 is 0 Å². The first-order valence-corrected chi connectivity index (χ1v) is 4.30. The highest BCUT2D eigenvalue weighted by Gasteiger charge is 2.11. The SMILES string of the molecule is CN(C)CC1C[N]CCCN1. The van der Waals surface area contributed by atoms with E-state index >= 15 is 0 Å². The van der Waals surface area contributed by atoms with E-state index < -0.39 is 0 Å². The third-order valence-corrected chi connectivity index (χ3v) is 1.86. The van der Waals surface area contributed by atoms with Gasteiger partial charge in [-0.15, -0.1) is 0 Å².